The van der Waals surface area contributed by atoms with E-state index in [1.807, 2.05) is 0 Å². The van der Waals surface area contributed by atoms with Crippen molar-refractivity contribution >= 4 is 23.0 Å². The molecular formula is C11H14ClFN2O. The van der Waals surface area contributed by atoms with Gasteiger partial charge < -0.3 is 15.8 Å². The molecule has 0 aliphatic carbocycles. The zero-order valence-corrected chi connectivity index (χ0v) is 9.56. The van der Waals surface area contributed by atoms with E-state index in [0.29, 0.717) is 17.3 Å². The molecule has 5 heteroatoms. The van der Waals surface area contributed by atoms with E-state index < -0.39 is 5.82 Å². The minimum atomic E-state index is -0.457. The normalized spacial score (nSPS) is 20.0. The van der Waals surface area contributed by atoms with Crippen molar-refractivity contribution in [1.29, 1.82) is 0 Å². The Labute approximate surface area is 98.7 Å². The van der Waals surface area contributed by atoms with Gasteiger partial charge in [0.15, 0.2) is 0 Å². The number of nitrogens with two attached hydrogens (primary N) is 1. The Kier molecular flexibility index (Phi) is 3.51. The maximum atomic E-state index is 13.2. The van der Waals surface area contributed by atoms with Crippen molar-refractivity contribution in [2.45, 2.75) is 6.42 Å². The highest BCUT2D eigenvalue weighted by molar-refractivity contribution is 6.31. The van der Waals surface area contributed by atoms with Crippen LogP contribution in [0, 0.1) is 11.7 Å². The van der Waals surface area contributed by atoms with Gasteiger partial charge in [-0.15, -0.1) is 0 Å². The Balaban J connectivity index is 2.00. The summed E-state index contributed by atoms with van der Waals surface area (Å²) in [7, 11) is 0. The van der Waals surface area contributed by atoms with Gasteiger partial charge in [0.25, 0.3) is 0 Å². The molecule has 3 nitrogen and oxygen atoms in total. The monoisotopic (exact) mass is 244 g/mol. The van der Waals surface area contributed by atoms with Crippen LogP contribution in [-0.2, 0) is 4.74 Å². The third kappa shape index (κ3) is 2.57. The predicted octanol–water partition coefficient (Wildman–Crippen LogP) is 2.51. The molecule has 0 amide bonds. The van der Waals surface area contributed by atoms with Gasteiger partial charge in [0.05, 0.1) is 23.0 Å². The van der Waals surface area contributed by atoms with Gasteiger partial charge >= 0.3 is 0 Å². The quantitative estimate of drug-likeness (QED) is 0.804. The molecule has 1 aromatic rings. The fourth-order valence-corrected chi connectivity index (χ4v) is 1.89. The standard InChI is InChI=1S/C11H14ClFN2O/c12-8-3-10(14)11(4-9(8)13)15-5-7-1-2-16-6-7/h3-4,7,15H,1-2,5-6,14H2. The number of hydrogen-bond acceptors (Lipinski definition) is 3. The first-order chi connectivity index (χ1) is 7.66. The fourth-order valence-electron chi connectivity index (χ4n) is 1.71. The Bertz CT molecular complexity index is 380. The second-order valence-electron chi connectivity index (χ2n) is 3.96. The van der Waals surface area contributed by atoms with Crippen LogP contribution >= 0.6 is 11.6 Å². The van der Waals surface area contributed by atoms with Gasteiger partial charge in [-0.1, -0.05) is 11.6 Å². The van der Waals surface area contributed by atoms with E-state index in [4.69, 9.17) is 22.1 Å². The van der Waals surface area contributed by atoms with Crippen LogP contribution in [0.25, 0.3) is 0 Å². The lowest BCUT2D eigenvalue weighted by Gasteiger charge is -2.13. The van der Waals surface area contributed by atoms with E-state index in [-0.39, 0.29) is 5.02 Å². The second-order valence-corrected chi connectivity index (χ2v) is 4.37. The highest BCUT2D eigenvalue weighted by Gasteiger charge is 2.15. The molecule has 0 radical (unpaired) electrons. The second kappa shape index (κ2) is 4.89. The molecule has 3 N–H and O–H groups in total. The van der Waals surface area contributed by atoms with Crippen LogP contribution in [0.5, 0.6) is 0 Å². The summed E-state index contributed by atoms with van der Waals surface area (Å²) in [5.74, 6) is 0.0131. The van der Waals surface area contributed by atoms with Crippen molar-refractivity contribution in [3.05, 3.63) is 23.0 Å². The highest BCUT2D eigenvalue weighted by Crippen LogP contribution is 2.26. The molecule has 0 aromatic heterocycles. The number of rotatable bonds is 3. The van der Waals surface area contributed by atoms with Crippen molar-refractivity contribution < 1.29 is 9.13 Å². The van der Waals surface area contributed by atoms with Crippen molar-refractivity contribution in [3.8, 4) is 0 Å². The molecule has 1 fully saturated rings. The van der Waals surface area contributed by atoms with Crippen LogP contribution in [-0.4, -0.2) is 19.8 Å². The summed E-state index contributed by atoms with van der Waals surface area (Å²) in [5.41, 5.74) is 6.78. The molecule has 1 aliphatic heterocycles. The zero-order valence-electron chi connectivity index (χ0n) is 8.80. The molecule has 1 atom stereocenters. The number of anilines is 2. The Morgan fingerprint density at radius 1 is 1.56 bits per heavy atom. The SMILES string of the molecule is Nc1cc(Cl)c(F)cc1NCC1CCOC1. The average Bonchev–Trinajstić information content (AvgIpc) is 2.74. The number of nitrogen functional groups attached to an aromatic ring is 1. The van der Waals surface area contributed by atoms with Crippen molar-refractivity contribution in [1.82, 2.24) is 0 Å². The maximum Gasteiger partial charge on any atom is 0.143 e. The molecule has 2 rings (SSSR count). The summed E-state index contributed by atoms with van der Waals surface area (Å²) in [6, 6.07) is 2.75. The van der Waals surface area contributed by atoms with Crippen molar-refractivity contribution in [2.24, 2.45) is 5.92 Å². The van der Waals surface area contributed by atoms with Gasteiger partial charge in [-0.2, -0.15) is 0 Å². The lowest BCUT2D eigenvalue weighted by atomic mass is 10.1. The molecule has 16 heavy (non-hydrogen) atoms. The number of nitrogens with one attached hydrogen (secondary N) is 1. The third-order valence-electron chi connectivity index (χ3n) is 2.70. The highest BCUT2D eigenvalue weighted by atomic mass is 35.5. The van der Waals surface area contributed by atoms with Crippen LogP contribution in [0.2, 0.25) is 5.02 Å². The largest absolute Gasteiger partial charge is 0.397 e. The van der Waals surface area contributed by atoms with Crippen molar-refractivity contribution in [3.63, 3.8) is 0 Å². The molecule has 0 spiro atoms. The van der Waals surface area contributed by atoms with Gasteiger partial charge in [0.2, 0.25) is 0 Å². The first-order valence-electron chi connectivity index (χ1n) is 5.23. The summed E-state index contributed by atoms with van der Waals surface area (Å²) < 4.78 is 18.5. The zero-order chi connectivity index (χ0) is 11.5. The lowest BCUT2D eigenvalue weighted by Crippen LogP contribution is -2.15. The smallest absolute Gasteiger partial charge is 0.143 e. The summed E-state index contributed by atoms with van der Waals surface area (Å²) in [5, 5.41) is 3.17. The summed E-state index contributed by atoms with van der Waals surface area (Å²) in [4.78, 5) is 0. The molecular weight excluding hydrogens is 231 g/mol. The Morgan fingerprint density at radius 2 is 2.38 bits per heavy atom. The van der Waals surface area contributed by atoms with Crippen LogP contribution < -0.4 is 11.1 Å². The van der Waals surface area contributed by atoms with E-state index in [0.717, 1.165) is 26.2 Å². The molecule has 88 valence electrons. The molecule has 1 heterocycles. The van der Waals surface area contributed by atoms with Crippen LogP contribution in [0.15, 0.2) is 12.1 Å². The van der Waals surface area contributed by atoms with E-state index in [1.165, 1.54) is 12.1 Å². The van der Waals surface area contributed by atoms with E-state index >= 15 is 0 Å². The first kappa shape index (κ1) is 11.5. The number of benzene rings is 1. The van der Waals surface area contributed by atoms with E-state index in [9.17, 15) is 4.39 Å². The molecule has 0 saturated carbocycles. The lowest BCUT2D eigenvalue weighted by molar-refractivity contribution is 0.187. The van der Waals surface area contributed by atoms with E-state index in [1.54, 1.807) is 0 Å². The fraction of sp³-hybridized carbons (Fsp3) is 0.455. The van der Waals surface area contributed by atoms with Gasteiger partial charge in [0, 0.05) is 25.1 Å². The van der Waals surface area contributed by atoms with E-state index in [2.05, 4.69) is 5.32 Å². The molecule has 1 unspecified atom stereocenters. The number of hydrogen-bond donors (Lipinski definition) is 2. The van der Waals surface area contributed by atoms with Gasteiger partial charge in [-0.05, 0) is 12.5 Å². The summed E-state index contributed by atoms with van der Waals surface area (Å²) >= 11 is 5.61. The third-order valence-corrected chi connectivity index (χ3v) is 2.99. The van der Waals surface area contributed by atoms with Crippen LogP contribution in [0.1, 0.15) is 6.42 Å². The van der Waals surface area contributed by atoms with Gasteiger partial charge in [-0.3, -0.25) is 0 Å². The average molecular weight is 245 g/mol. The Morgan fingerprint density at radius 3 is 3.06 bits per heavy atom. The molecule has 1 aromatic carbocycles. The molecule has 1 saturated heterocycles. The number of halogens is 2. The van der Waals surface area contributed by atoms with Gasteiger partial charge in [-0.25, -0.2) is 4.39 Å². The summed E-state index contributed by atoms with van der Waals surface area (Å²) in [6.45, 7) is 2.30. The number of ether oxygens (including phenoxy) is 1. The van der Waals surface area contributed by atoms with Gasteiger partial charge in [0.1, 0.15) is 5.82 Å². The summed E-state index contributed by atoms with van der Waals surface area (Å²) in [6.07, 6.45) is 1.03. The van der Waals surface area contributed by atoms with Crippen molar-refractivity contribution in [2.75, 3.05) is 30.8 Å². The minimum Gasteiger partial charge on any atom is -0.397 e. The maximum absolute atomic E-state index is 13.2. The first-order valence-corrected chi connectivity index (χ1v) is 5.60. The molecule has 1 aliphatic rings. The van der Waals surface area contributed by atoms with Crippen LogP contribution in [0.3, 0.4) is 0 Å². The Hall–Kier alpha value is -1.00. The minimum absolute atomic E-state index is 0.0484. The molecule has 0 bridgehead atoms. The predicted molar refractivity (Wildman–Crippen MR) is 63.2 cm³/mol. The topological polar surface area (TPSA) is 47.3 Å². The van der Waals surface area contributed by atoms with Crippen LogP contribution in [0.4, 0.5) is 15.8 Å².